The van der Waals surface area contributed by atoms with Crippen LogP contribution in [0, 0.1) is 12.8 Å². The van der Waals surface area contributed by atoms with E-state index in [1.165, 1.54) is 11.8 Å². The van der Waals surface area contributed by atoms with E-state index in [-0.39, 0.29) is 17.6 Å². The monoisotopic (exact) mass is 432 g/mol. The second-order valence-corrected chi connectivity index (χ2v) is 9.05. The Kier molecular flexibility index (Phi) is 9.05. The topological polar surface area (TPSA) is 49.4 Å². The molecule has 0 saturated carbocycles. The number of carbonyl (C=O) groups is 2. The number of nitrogens with zero attached hydrogens (tertiary/aromatic N) is 1. The number of carbonyl (C=O) groups excluding carboxylic acids is 2. The molecule has 0 spiro atoms. The van der Waals surface area contributed by atoms with Gasteiger partial charge in [-0.2, -0.15) is 0 Å². The molecule has 0 aromatic heterocycles. The van der Waals surface area contributed by atoms with Crippen molar-refractivity contribution in [2.45, 2.75) is 45.2 Å². The molecule has 0 heterocycles. The van der Waals surface area contributed by atoms with E-state index in [0.29, 0.717) is 24.0 Å². The van der Waals surface area contributed by atoms with Crippen LogP contribution in [0.1, 0.15) is 31.9 Å². The van der Waals surface area contributed by atoms with Crippen molar-refractivity contribution in [3.05, 3.63) is 64.7 Å². The van der Waals surface area contributed by atoms with E-state index >= 15 is 0 Å². The van der Waals surface area contributed by atoms with Gasteiger partial charge in [0.2, 0.25) is 11.8 Å². The molecule has 156 valence electrons. The third kappa shape index (κ3) is 7.75. The summed E-state index contributed by atoms with van der Waals surface area (Å²) in [4.78, 5) is 28.3. The summed E-state index contributed by atoms with van der Waals surface area (Å²) in [5.41, 5.74) is 2.16. The van der Waals surface area contributed by atoms with E-state index in [9.17, 15) is 9.59 Å². The van der Waals surface area contributed by atoms with Gasteiger partial charge in [0.1, 0.15) is 6.04 Å². The van der Waals surface area contributed by atoms with Crippen LogP contribution in [0.15, 0.2) is 53.4 Å². The van der Waals surface area contributed by atoms with Crippen LogP contribution < -0.4 is 5.32 Å². The van der Waals surface area contributed by atoms with Crippen molar-refractivity contribution < 1.29 is 9.59 Å². The molecule has 0 radical (unpaired) electrons. The Labute approximate surface area is 183 Å². The molecule has 0 saturated heterocycles. The molecule has 2 aromatic carbocycles. The summed E-state index contributed by atoms with van der Waals surface area (Å²) >= 11 is 7.37. The van der Waals surface area contributed by atoms with Crippen LogP contribution in [0.3, 0.4) is 0 Å². The minimum atomic E-state index is -0.548. The van der Waals surface area contributed by atoms with Crippen molar-refractivity contribution in [1.82, 2.24) is 10.2 Å². The predicted octanol–water partition coefficient (Wildman–Crippen LogP) is 4.93. The lowest BCUT2D eigenvalue weighted by Gasteiger charge is -2.29. The number of hydrogen-bond donors (Lipinski definition) is 1. The highest BCUT2D eigenvalue weighted by atomic mass is 35.5. The Balaban J connectivity index is 2.10. The lowest BCUT2D eigenvalue weighted by atomic mass is 10.1. The van der Waals surface area contributed by atoms with Gasteiger partial charge in [0.25, 0.3) is 0 Å². The third-order valence-electron chi connectivity index (χ3n) is 4.50. The highest BCUT2D eigenvalue weighted by Crippen LogP contribution is 2.22. The first-order valence-corrected chi connectivity index (χ1v) is 11.1. The molecule has 0 aliphatic heterocycles. The van der Waals surface area contributed by atoms with Crippen LogP contribution >= 0.6 is 23.4 Å². The van der Waals surface area contributed by atoms with Gasteiger partial charge in [0.15, 0.2) is 0 Å². The Bertz CT molecular complexity index is 807. The van der Waals surface area contributed by atoms with Crippen LogP contribution in [-0.4, -0.2) is 35.1 Å². The highest BCUT2D eigenvalue weighted by molar-refractivity contribution is 8.00. The van der Waals surface area contributed by atoms with Crippen molar-refractivity contribution in [2.24, 2.45) is 5.92 Å². The van der Waals surface area contributed by atoms with Gasteiger partial charge >= 0.3 is 0 Å². The summed E-state index contributed by atoms with van der Waals surface area (Å²) in [5.74, 6) is 0.413. The Morgan fingerprint density at radius 2 is 1.66 bits per heavy atom. The molecule has 0 aliphatic carbocycles. The summed E-state index contributed by atoms with van der Waals surface area (Å²) < 4.78 is 0. The summed E-state index contributed by atoms with van der Waals surface area (Å²) in [5, 5.41) is 3.60. The number of nitrogens with one attached hydrogen (secondary N) is 1. The maximum Gasteiger partial charge on any atom is 0.242 e. The Morgan fingerprint density at radius 1 is 1.03 bits per heavy atom. The van der Waals surface area contributed by atoms with E-state index < -0.39 is 6.04 Å². The standard InChI is InChI=1S/C23H29ClN2O2S/c1-16(2)13-25-23(28)18(4)26(14-19-7-5-17(3)6-8-19)22(27)15-29-21-11-9-20(24)10-12-21/h5-12,16,18H,13-15H2,1-4H3,(H,25,28)/t18-/m0/s1. The van der Waals surface area contributed by atoms with Crippen LogP contribution in [0.2, 0.25) is 5.02 Å². The van der Waals surface area contributed by atoms with Gasteiger partial charge in [-0.05, 0) is 49.6 Å². The zero-order chi connectivity index (χ0) is 21.4. The maximum atomic E-state index is 13.0. The molecule has 0 aliphatic rings. The number of thioether (sulfide) groups is 1. The number of rotatable bonds is 9. The van der Waals surface area contributed by atoms with Crippen molar-refractivity contribution in [3.63, 3.8) is 0 Å². The van der Waals surface area contributed by atoms with Gasteiger partial charge in [0, 0.05) is 23.0 Å². The number of aryl methyl sites for hydroxylation is 1. The molecule has 1 N–H and O–H groups in total. The highest BCUT2D eigenvalue weighted by Gasteiger charge is 2.26. The smallest absolute Gasteiger partial charge is 0.242 e. The average Bonchev–Trinajstić information content (AvgIpc) is 2.70. The molecule has 4 nitrogen and oxygen atoms in total. The second kappa shape index (κ2) is 11.3. The molecule has 0 fully saturated rings. The maximum absolute atomic E-state index is 13.0. The largest absolute Gasteiger partial charge is 0.354 e. The fraction of sp³-hybridized carbons (Fsp3) is 0.391. The molecular weight excluding hydrogens is 404 g/mol. The lowest BCUT2D eigenvalue weighted by Crippen LogP contribution is -2.48. The molecule has 2 aromatic rings. The lowest BCUT2D eigenvalue weighted by molar-refractivity contribution is -0.138. The van der Waals surface area contributed by atoms with Crippen LogP contribution in [0.25, 0.3) is 0 Å². The molecular formula is C23H29ClN2O2S. The van der Waals surface area contributed by atoms with Gasteiger partial charge in [-0.3, -0.25) is 9.59 Å². The summed E-state index contributed by atoms with van der Waals surface area (Å²) in [6.45, 7) is 8.89. The van der Waals surface area contributed by atoms with Gasteiger partial charge in [-0.15, -0.1) is 11.8 Å². The van der Waals surface area contributed by atoms with Crippen molar-refractivity contribution in [3.8, 4) is 0 Å². The van der Waals surface area contributed by atoms with Gasteiger partial charge in [-0.25, -0.2) is 0 Å². The summed E-state index contributed by atoms with van der Waals surface area (Å²) in [7, 11) is 0. The van der Waals surface area contributed by atoms with E-state index in [0.717, 1.165) is 16.0 Å². The van der Waals surface area contributed by atoms with Crippen LogP contribution in [-0.2, 0) is 16.1 Å². The molecule has 0 unspecified atom stereocenters. The number of amides is 2. The first-order valence-electron chi connectivity index (χ1n) is 9.77. The molecule has 2 rings (SSSR count). The van der Waals surface area contributed by atoms with Crippen molar-refractivity contribution in [1.29, 1.82) is 0 Å². The van der Waals surface area contributed by atoms with Crippen molar-refractivity contribution >= 4 is 35.2 Å². The number of hydrogen-bond acceptors (Lipinski definition) is 3. The molecule has 29 heavy (non-hydrogen) atoms. The minimum Gasteiger partial charge on any atom is -0.354 e. The fourth-order valence-electron chi connectivity index (χ4n) is 2.68. The van der Waals surface area contributed by atoms with E-state index in [1.54, 1.807) is 24.0 Å². The SMILES string of the molecule is Cc1ccc(CN(C(=O)CSc2ccc(Cl)cc2)[C@@H](C)C(=O)NCC(C)C)cc1. The normalized spacial score (nSPS) is 11.9. The van der Waals surface area contributed by atoms with Gasteiger partial charge in [-0.1, -0.05) is 55.3 Å². The first-order chi connectivity index (χ1) is 13.8. The second-order valence-electron chi connectivity index (χ2n) is 7.56. The Morgan fingerprint density at radius 3 is 2.24 bits per heavy atom. The van der Waals surface area contributed by atoms with Crippen LogP contribution in [0.5, 0.6) is 0 Å². The van der Waals surface area contributed by atoms with E-state index in [4.69, 9.17) is 11.6 Å². The zero-order valence-corrected chi connectivity index (χ0v) is 19.0. The fourth-order valence-corrected chi connectivity index (χ4v) is 3.59. The van der Waals surface area contributed by atoms with Gasteiger partial charge < -0.3 is 10.2 Å². The van der Waals surface area contributed by atoms with Crippen molar-refractivity contribution in [2.75, 3.05) is 12.3 Å². The number of halogens is 1. The number of benzene rings is 2. The predicted molar refractivity (Wildman–Crippen MR) is 121 cm³/mol. The quantitative estimate of drug-likeness (QED) is 0.571. The van der Waals surface area contributed by atoms with E-state index in [1.807, 2.05) is 57.2 Å². The van der Waals surface area contributed by atoms with Crippen LogP contribution in [0.4, 0.5) is 0 Å². The zero-order valence-electron chi connectivity index (χ0n) is 17.4. The molecule has 6 heteroatoms. The third-order valence-corrected chi connectivity index (χ3v) is 5.75. The molecule has 2 amide bonds. The van der Waals surface area contributed by atoms with E-state index in [2.05, 4.69) is 5.32 Å². The average molecular weight is 433 g/mol. The molecule has 1 atom stereocenters. The molecule has 0 bridgehead atoms. The summed E-state index contributed by atoms with van der Waals surface area (Å²) in [6.07, 6.45) is 0. The summed E-state index contributed by atoms with van der Waals surface area (Å²) in [6, 6.07) is 14.9. The Hall–Kier alpha value is -1.98. The minimum absolute atomic E-state index is 0.0716. The van der Waals surface area contributed by atoms with Gasteiger partial charge in [0.05, 0.1) is 5.75 Å². The first kappa shape index (κ1) is 23.3.